The third kappa shape index (κ3) is 1.18. The van der Waals surface area contributed by atoms with Crippen molar-refractivity contribution < 1.29 is 5.21 Å². The van der Waals surface area contributed by atoms with Crippen molar-refractivity contribution in [3.8, 4) is 0 Å². The number of hydrogen-bond donors (Lipinski definition) is 1. The second-order valence-corrected chi connectivity index (χ2v) is 3.36. The zero-order chi connectivity index (χ0) is 10.1. The van der Waals surface area contributed by atoms with Crippen LogP contribution in [0.2, 0.25) is 0 Å². The van der Waals surface area contributed by atoms with Crippen LogP contribution in [0.1, 0.15) is 12.5 Å². The molecule has 0 saturated carbocycles. The first kappa shape index (κ1) is 8.81. The van der Waals surface area contributed by atoms with Crippen molar-refractivity contribution in [2.45, 2.75) is 6.92 Å². The van der Waals surface area contributed by atoms with E-state index in [1.165, 1.54) is 0 Å². The van der Waals surface area contributed by atoms with Gasteiger partial charge in [-0.15, -0.1) is 0 Å². The second-order valence-electron chi connectivity index (χ2n) is 3.36. The molecule has 0 atom stereocenters. The number of rotatable bonds is 1. The van der Waals surface area contributed by atoms with Crippen LogP contribution in [0.4, 0.5) is 0 Å². The second kappa shape index (κ2) is 3.18. The fourth-order valence-electron chi connectivity index (χ4n) is 1.68. The molecule has 1 aromatic carbocycles. The third-order valence-electron chi connectivity index (χ3n) is 2.44. The molecular weight excluding hydrogens is 176 g/mol. The Morgan fingerprint density at radius 2 is 2.07 bits per heavy atom. The highest BCUT2D eigenvalue weighted by Crippen LogP contribution is 2.20. The standard InChI is InChI=1S/C11H12N2O/c1-8(12-14)10-7-13(2)11-6-4-3-5-9(10)11/h3-7,14H,1-2H3/b12-8-. The van der Waals surface area contributed by atoms with E-state index in [1.54, 1.807) is 6.92 Å². The predicted octanol–water partition coefficient (Wildman–Crippen LogP) is 2.38. The predicted molar refractivity (Wildman–Crippen MR) is 56.9 cm³/mol. The first-order valence-electron chi connectivity index (χ1n) is 4.47. The summed E-state index contributed by atoms with van der Waals surface area (Å²) in [5.74, 6) is 0. The van der Waals surface area contributed by atoms with Crippen molar-refractivity contribution in [1.29, 1.82) is 0 Å². The highest BCUT2D eigenvalue weighted by molar-refractivity contribution is 6.09. The zero-order valence-corrected chi connectivity index (χ0v) is 8.23. The Morgan fingerprint density at radius 3 is 2.79 bits per heavy atom. The number of aryl methyl sites for hydroxylation is 1. The van der Waals surface area contributed by atoms with Crippen molar-refractivity contribution >= 4 is 16.6 Å². The van der Waals surface area contributed by atoms with Crippen LogP contribution >= 0.6 is 0 Å². The molecule has 2 aromatic rings. The molecule has 1 aromatic heterocycles. The van der Waals surface area contributed by atoms with E-state index in [0.717, 1.165) is 16.5 Å². The van der Waals surface area contributed by atoms with Gasteiger partial charge in [0.05, 0.1) is 5.71 Å². The molecule has 0 saturated heterocycles. The maximum atomic E-state index is 8.74. The minimum Gasteiger partial charge on any atom is -0.411 e. The number of para-hydroxylation sites is 1. The van der Waals surface area contributed by atoms with Crippen molar-refractivity contribution in [3.63, 3.8) is 0 Å². The van der Waals surface area contributed by atoms with Gasteiger partial charge in [-0.1, -0.05) is 23.4 Å². The maximum Gasteiger partial charge on any atom is 0.0858 e. The van der Waals surface area contributed by atoms with Gasteiger partial charge in [0.2, 0.25) is 0 Å². The molecule has 1 N–H and O–H groups in total. The molecule has 2 rings (SSSR count). The van der Waals surface area contributed by atoms with Crippen molar-refractivity contribution in [2.75, 3.05) is 0 Å². The summed E-state index contributed by atoms with van der Waals surface area (Å²) in [6.45, 7) is 1.79. The lowest BCUT2D eigenvalue weighted by Gasteiger charge is -1.94. The Hall–Kier alpha value is -1.77. The first-order valence-corrected chi connectivity index (χ1v) is 4.47. The zero-order valence-electron chi connectivity index (χ0n) is 8.23. The molecule has 0 unspecified atom stereocenters. The van der Waals surface area contributed by atoms with E-state index >= 15 is 0 Å². The van der Waals surface area contributed by atoms with Crippen LogP contribution in [0.15, 0.2) is 35.6 Å². The van der Waals surface area contributed by atoms with Gasteiger partial charge in [0.15, 0.2) is 0 Å². The average molecular weight is 188 g/mol. The monoisotopic (exact) mass is 188 g/mol. The molecule has 72 valence electrons. The third-order valence-corrected chi connectivity index (χ3v) is 2.44. The molecule has 0 radical (unpaired) electrons. The molecule has 0 aliphatic heterocycles. The lowest BCUT2D eigenvalue weighted by atomic mass is 10.1. The smallest absolute Gasteiger partial charge is 0.0858 e. The molecule has 0 aliphatic rings. The van der Waals surface area contributed by atoms with Crippen LogP contribution in [0.5, 0.6) is 0 Å². The summed E-state index contributed by atoms with van der Waals surface area (Å²) in [4.78, 5) is 0. The fraction of sp³-hybridized carbons (Fsp3) is 0.182. The van der Waals surface area contributed by atoms with Gasteiger partial charge in [-0.2, -0.15) is 0 Å². The molecule has 3 heteroatoms. The van der Waals surface area contributed by atoms with E-state index < -0.39 is 0 Å². The molecule has 0 aliphatic carbocycles. The number of nitrogens with zero attached hydrogens (tertiary/aromatic N) is 2. The van der Waals surface area contributed by atoms with E-state index in [0.29, 0.717) is 5.71 Å². The van der Waals surface area contributed by atoms with E-state index in [1.807, 2.05) is 42.1 Å². The lowest BCUT2D eigenvalue weighted by Crippen LogP contribution is -1.92. The van der Waals surface area contributed by atoms with E-state index in [4.69, 9.17) is 5.21 Å². The van der Waals surface area contributed by atoms with Crippen LogP contribution in [0.25, 0.3) is 10.9 Å². The minimum atomic E-state index is 0.641. The Kier molecular flexibility index (Phi) is 2.00. The van der Waals surface area contributed by atoms with Gasteiger partial charge < -0.3 is 9.77 Å². The van der Waals surface area contributed by atoms with Gasteiger partial charge >= 0.3 is 0 Å². The Balaban J connectivity index is 2.79. The Morgan fingerprint density at radius 1 is 1.36 bits per heavy atom. The summed E-state index contributed by atoms with van der Waals surface area (Å²) in [7, 11) is 1.98. The molecule has 0 spiro atoms. The molecule has 0 fully saturated rings. The van der Waals surface area contributed by atoms with Crippen LogP contribution in [-0.2, 0) is 7.05 Å². The SMILES string of the molecule is C/C(=N/O)c1cn(C)c2ccccc12. The van der Waals surface area contributed by atoms with E-state index in [-0.39, 0.29) is 0 Å². The summed E-state index contributed by atoms with van der Waals surface area (Å²) < 4.78 is 2.03. The number of oxime groups is 1. The van der Waals surface area contributed by atoms with E-state index in [2.05, 4.69) is 5.16 Å². The minimum absolute atomic E-state index is 0.641. The molecule has 14 heavy (non-hydrogen) atoms. The number of fused-ring (bicyclic) bond motifs is 1. The van der Waals surface area contributed by atoms with Crippen molar-refractivity contribution in [1.82, 2.24) is 4.57 Å². The van der Waals surface area contributed by atoms with Crippen LogP contribution in [0, 0.1) is 0 Å². The van der Waals surface area contributed by atoms with E-state index in [9.17, 15) is 0 Å². The van der Waals surface area contributed by atoms with Gasteiger partial charge in [0, 0.05) is 29.7 Å². The Bertz CT molecular complexity index is 497. The molecule has 1 heterocycles. The van der Waals surface area contributed by atoms with Gasteiger partial charge in [0.1, 0.15) is 0 Å². The topological polar surface area (TPSA) is 37.5 Å². The number of hydrogen-bond acceptors (Lipinski definition) is 2. The average Bonchev–Trinajstić information content (AvgIpc) is 2.56. The lowest BCUT2D eigenvalue weighted by molar-refractivity contribution is 0.319. The first-order chi connectivity index (χ1) is 6.74. The molecule has 3 nitrogen and oxygen atoms in total. The van der Waals surface area contributed by atoms with Crippen LogP contribution in [0.3, 0.4) is 0 Å². The van der Waals surface area contributed by atoms with Crippen molar-refractivity contribution in [3.05, 3.63) is 36.0 Å². The molecular formula is C11H12N2O. The largest absolute Gasteiger partial charge is 0.411 e. The molecule has 0 amide bonds. The van der Waals surface area contributed by atoms with Gasteiger partial charge in [-0.3, -0.25) is 0 Å². The number of benzene rings is 1. The van der Waals surface area contributed by atoms with Gasteiger partial charge in [0.25, 0.3) is 0 Å². The highest BCUT2D eigenvalue weighted by Gasteiger charge is 2.07. The Labute approximate surface area is 82.3 Å². The fourth-order valence-corrected chi connectivity index (χ4v) is 1.68. The normalized spacial score (nSPS) is 12.3. The van der Waals surface area contributed by atoms with Crippen molar-refractivity contribution in [2.24, 2.45) is 12.2 Å². The maximum absolute atomic E-state index is 8.74. The van der Waals surface area contributed by atoms with Gasteiger partial charge in [-0.05, 0) is 13.0 Å². The van der Waals surface area contributed by atoms with Crippen LogP contribution < -0.4 is 0 Å². The summed E-state index contributed by atoms with van der Waals surface area (Å²) >= 11 is 0. The highest BCUT2D eigenvalue weighted by atomic mass is 16.4. The quantitative estimate of drug-likeness (QED) is 0.416. The summed E-state index contributed by atoms with van der Waals surface area (Å²) in [6.07, 6.45) is 1.97. The summed E-state index contributed by atoms with van der Waals surface area (Å²) in [6, 6.07) is 8.05. The number of aromatic nitrogens is 1. The summed E-state index contributed by atoms with van der Waals surface area (Å²) in [5.41, 5.74) is 2.76. The van der Waals surface area contributed by atoms with Crippen LogP contribution in [-0.4, -0.2) is 15.5 Å². The summed E-state index contributed by atoms with van der Waals surface area (Å²) in [5, 5.41) is 13.1. The van der Waals surface area contributed by atoms with Gasteiger partial charge in [-0.25, -0.2) is 0 Å². The molecule has 0 bridgehead atoms.